The number of benzene rings is 2. The van der Waals surface area contributed by atoms with Crippen molar-refractivity contribution in [2.75, 3.05) is 14.2 Å². The first kappa shape index (κ1) is 15.6. The van der Waals surface area contributed by atoms with Crippen LogP contribution in [0.3, 0.4) is 0 Å². The third-order valence-corrected chi connectivity index (χ3v) is 2.85. The van der Waals surface area contributed by atoms with Gasteiger partial charge in [-0.25, -0.2) is 9.18 Å². The fraction of sp³-hybridized carbons (Fsp3) is 0.118. The second kappa shape index (κ2) is 7.26. The van der Waals surface area contributed by atoms with E-state index in [-0.39, 0.29) is 11.6 Å². The zero-order valence-corrected chi connectivity index (χ0v) is 12.2. The summed E-state index contributed by atoms with van der Waals surface area (Å²) in [6.07, 6.45) is 2.67. The van der Waals surface area contributed by atoms with Gasteiger partial charge in [0.05, 0.1) is 14.2 Å². The summed E-state index contributed by atoms with van der Waals surface area (Å²) in [6, 6.07) is 10.9. The minimum atomic E-state index is -0.618. The number of rotatable bonds is 5. The number of methoxy groups -OCH3 is 2. The molecule has 0 aromatic heterocycles. The van der Waals surface area contributed by atoms with E-state index in [1.54, 1.807) is 30.3 Å². The van der Waals surface area contributed by atoms with Gasteiger partial charge in [-0.05, 0) is 35.9 Å². The van der Waals surface area contributed by atoms with Crippen LogP contribution in [-0.2, 0) is 4.79 Å². The standard InChI is InChI=1S/C17H15FO4/c1-20-14-7-4-8-15(21-2)17(14)22-16(19)10-9-12-5-3-6-13(18)11-12/h3-11H,1-2H3/b10-9+. The summed E-state index contributed by atoms with van der Waals surface area (Å²) in [4.78, 5) is 11.9. The minimum Gasteiger partial charge on any atom is -0.493 e. The number of halogens is 1. The van der Waals surface area contributed by atoms with Gasteiger partial charge in [0, 0.05) is 6.08 Å². The summed E-state index contributed by atoms with van der Waals surface area (Å²) in [7, 11) is 2.93. The van der Waals surface area contributed by atoms with Crippen LogP contribution in [0.2, 0.25) is 0 Å². The predicted molar refractivity (Wildman–Crippen MR) is 80.6 cm³/mol. The van der Waals surface area contributed by atoms with Crippen molar-refractivity contribution in [1.29, 1.82) is 0 Å². The summed E-state index contributed by atoms with van der Waals surface area (Å²) in [5, 5.41) is 0. The molecule has 0 saturated heterocycles. The van der Waals surface area contributed by atoms with Crippen LogP contribution in [0.5, 0.6) is 17.2 Å². The van der Waals surface area contributed by atoms with Crippen molar-refractivity contribution in [3.8, 4) is 17.2 Å². The van der Waals surface area contributed by atoms with Crippen LogP contribution in [0.1, 0.15) is 5.56 Å². The van der Waals surface area contributed by atoms with Crippen LogP contribution in [0.15, 0.2) is 48.5 Å². The Kier molecular flexibility index (Phi) is 5.14. The van der Waals surface area contributed by atoms with Crippen molar-refractivity contribution in [2.45, 2.75) is 0 Å². The van der Waals surface area contributed by atoms with Gasteiger partial charge in [-0.2, -0.15) is 0 Å². The smallest absolute Gasteiger partial charge is 0.336 e. The van der Waals surface area contributed by atoms with Gasteiger partial charge in [0.25, 0.3) is 0 Å². The van der Waals surface area contributed by atoms with Crippen molar-refractivity contribution in [3.05, 3.63) is 59.9 Å². The van der Waals surface area contributed by atoms with Gasteiger partial charge in [0.1, 0.15) is 5.82 Å². The third kappa shape index (κ3) is 3.85. The molecule has 0 aliphatic carbocycles. The molecule has 0 fully saturated rings. The summed E-state index contributed by atoms with van der Waals surface area (Å²) in [5.74, 6) is -0.0333. The molecule has 4 nitrogen and oxygen atoms in total. The predicted octanol–water partition coefficient (Wildman–Crippen LogP) is 3.46. The van der Waals surface area contributed by atoms with Gasteiger partial charge in [-0.15, -0.1) is 0 Å². The average Bonchev–Trinajstić information content (AvgIpc) is 2.53. The first-order valence-corrected chi connectivity index (χ1v) is 6.50. The lowest BCUT2D eigenvalue weighted by Gasteiger charge is -2.11. The Morgan fingerprint density at radius 1 is 1.05 bits per heavy atom. The van der Waals surface area contributed by atoms with E-state index in [0.717, 1.165) is 0 Å². The molecule has 0 heterocycles. The molecule has 0 amide bonds. The fourth-order valence-electron chi connectivity index (χ4n) is 1.83. The summed E-state index contributed by atoms with van der Waals surface area (Å²) in [5.41, 5.74) is 0.559. The minimum absolute atomic E-state index is 0.196. The topological polar surface area (TPSA) is 44.8 Å². The van der Waals surface area contributed by atoms with E-state index in [9.17, 15) is 9.18 Å². The maximum atomic E-state index is 13.1. The van der Waals surface area contributed by atoms with E-state index >= 15 is 0 Å². The Bertz CT molecular complexity index is 673. The highest BCUT2D eigenvalue weighted by molar-refractivity contribution is 5.89. The van der Waals surface area contributed by atoms with Crippen LogP contribution in [-0.4, -0.2) is 20.2 Å². The molecule has 0 atom stereocenters. The van der Waals surface area contributed by atoms with E-state index in [4.69, 9.17) is 14.2 Å². The van der Waals surface area contributed by atoms with Gasteiger partial charge in [0.15, 0.2) is 11.5 Å². The van der Waals surface area contributed by atoms with Crippen LogP contribution < -0.4 is 14.2 Å². The molecule has 114 valence electrons. The molecule has 5 heteroatoms. The van der Waals surface area contributed by atoms with Crippen molar-refractivity contribution >= 4 is 12.0 Å². The Labute approximate surface area is 127 Å². The lowest BCUT2D eigenvalue weighted by molar-refractivity contribution is -0.129. The molecule has 0 aliphatic heterocycles. The van der Waals surface area contributed by atoms with Crippen molar-refractivity contribution < 1.29 is 23.4 Å². The lowest BCUT2D eigenvalue weighted by Crippen LogP contribution is -2.06. The molecule has 0 N–H and O–H groups in total. The first-order chi connectivity index (χ1) is 10.6. The number of hydrogen-bond donors (Lipinski definition) is 0. The summed E-state index contributed by atoms with van der Waals surface area (Å²) >= 11 is 0. The molecule has 2 rings (SSSR count). The van der Waals surface area contributed by atoms with Crippen molar-refractivity contribution in [2.24, 2.45) is 0 Å². The SMILES string of the molecule is COc1cccc(OC)c1OC(=O)/C=C/c1cccc(F)c1. The molecule has 0 saturated carbocycles. The van der Waals surface area contributed by atoms with E-state index in [1.807, 2.05) is 0 Å². The van der Waals surface area contributed by atoms with Crippen LogP contribution in [0.25, 0.3) is 6.08 Å². The van der Waals surface area contributed by atoms with E-state index in [0.29, 0.717) is 17.1 Å². The quantitative estimate of drug-likeness (QED) is 0.482. The fourth-order valence-corrected chi connectivity index (χ4v) is 1.83. The van der Waals surface area contributed by atoms with Crippen LogP contribution in [0.4, 0.5) is 4.39 Å². The molecular weight excluding hydrogens is 287 g/mol. The number of hydrogen-bond acceptors (Lipinski definition) is 4. The Morgan fingerprint density at radius 2 is 1.68 bits per heavy atom. The summed E-state index contributed by atoms with van der Waals surface area (Å²) < 4.78 is 28.6. The molecule has 2 aromatic rings. The largest absolute Gasteiger partial charge is 0.493 e. The second-order valence-corrected chi connectivity index (χ2v) is 4.30. The Hall–Kier alpha value is -2.82. The van der Waals surface area contributed by atoms with Crippen molar-refractivity contribution in [1.82, 2.24) is 0 Å². The normalized spacial score (nSPS) is 10.5. The highest BCUT2D eigenvalue weighted by atomic mass is 19.1. The van der Waals surface area contributed by atoms with Gasteiger partial charge < -0.3 is 14.2 Å². The third-order valence-electron chi connectivity index (χ3n) is 2.85. The maximum absolute atomic E-state index is 13.1. The summed E-state index contributed by atoms with van der Waals surface area (Å²) in [6.45, 7) is 0. The number of ether oxygens (including phenoxy) is 3. The molecule has 0 bridgehead atoms. The molecular formula is C17H15FO4. The average molecular weight is 302 g/mol. The van der Waals surface area contributed by atoms with Gasteiger partial charge in [-0.1, -0.05) is 18.2 Å². The molecule has 0 unspecified atom stereocenters. The van der Waals surface area contributed by atoms with Crippen LogP contribution >= 0.6 is 0 Å². The molecule has 0 radical (unpaired) electrons. The van der Waals surface area contributed by atoms with E-state index in [2.05, 4.69) is 0 Å². The Morgan fingerprint density at radius 3 is 2.27 bits per heavy atom. The number of para-hydroxylation sites is 1. The number of carbonyl (C=O) groups is 1. The molecule has 22 heavy (non-hydrogen) atoms. The monoisotopic (exact) mass is 302 g/mol. The molecule has 0 aliphatic rings. The highest BCUT2D eigenvalue weighted by Gasteiger charge is 2.14. The highest BCUT2D eigenvalue weighted by Crippen LogP contribution is 2.36. The zero-order valence-electron chi connectivity index (χ0n) is 12.2. The molecule has 0 spiro atoms. The Balaban J connectivity index is 2.15. The van der Waals surface area contributed by atoms with Crippen molar-refractivity contribution in [3.63, 3.8) is 0 Å². The van der Waals surface area contributed by atoms with Crippen LogP contribution in [0, 0.1) is 5.82 Å². The second-order valence-electron chi connectivity index (χ2n) is 4.30. The van der Waals surface area contributed by atoms with Gasteiger partial charge in [0.2, 0.25) is 5.75 Å². The van der Waals surface area contributed by atoms with Gasteiger partial charge >= 0.3 is 5.97 Å². The number of carbonyl (C=O) groups excluding carboxylic acids is 1. The lowest BCUT2D eigenvalue weighted by atomic mass is 10.2. The van der Waals surface area contributed by atoms with Gasteiger partial charge in [-0.3, -0.25) is 0 Å². The first-order valence-electron chi connectivity index (χ1n) is 6.50. The van der Waals surface area contributed by atoms with E-state index < -0.39 is 5.97 Å². The number of esters is 1. The zero-order chi connectivity index (χ0) is 15.9. The maximum Gasteiger partial charge on any atom is 0.336 e. The molecule has 2 aromatic carbocycles. The van der Waals surface area contributed by atoms with E-state index in [1.165, 1.54) is 38.5 Å².